The van der Waals surface area contributed by atoms with Crippen LogP contribution in [0.25, 0.3) is 0 Å². The van der Waals surface area contributed by atoms with E-state index in [-0.39, 0.29) is 67.0 Å². The zero-order valence-corrected chi connectivity index (χ0v) is 7.87. The largest absolute Gasteiger partial charge is 0.813 e. The molecule has 0 atom stereocenters. The molecule has 0 aromatic carbocycles. The quantitative estimate of drug-likeness (QED) is 0.397. The fourth-order valence-corrected chi connectivity index (χ4v) is 0. The van der Waals surface area contributed by atoms with Crippen molar-refractivity contribution in [2.45, 2.75) is 0 Å². The predicted molar refractivity (Wildman–Crippen MR) is 29.9 cm³/mol. The molecule has 0 unspecified atom stereocenters. The van der Waals surface area contributed by atoms with Gasteiger partial charge in [-0.25, -0.2) is 0 Å². The summed E-state index contributed by atoms with van der Waals surface area (Å²) in [6.45, 7) is 0. The second-order valence-electron chi connectivity index (χ2n) is 0. The Kier molecular flexibility index (Phi) is 658. The van der Waals surface area contributed by atoms with Crippen molar-refractivity contribution in [1.29, 1.82) is 0 Å². The number of thiol groups is 3. The molecule has 5 heteroatoms. The van der Waals surface area contributed by atoms with Crippen LogP contribution in [0.5, 0.6) is 0 Å². The molecule has 0 rings (SSSR count). The Bertz CT molecular complexity index is 6.85. The summed E-state index contributed by atoms with van der Waals surface area (Å²) >= 11 is 0. The molecule has 0 fully saturated rings. The fraction of sp³-hybridized carbons (Fsp3) is 0. The van der Waals surface area contributed by atoms with Crippen molar-refractivity contribution in [3.8, 4) is 0 Å². The van der Waals surface area contributed by atoms with Crippen LogP contribution in [0.1, 0.15) is 0 Å². The molecule has 0 aromatic heterocycles. The van der Waals surface area contributed by atoms with Crippen LogP contribution < -0.4 is 0 Å². The maximum atomic E-state index is 0. The Morgan fingerprint density at radius 2 is 0.600 bits per heavy atom. The third-order valence-electron chi connectivity index (χ3n) is 0. The summed E-state index contributed by atoms with van der Waals surface area (Å²) in [6.07, 6.45) is 0. The number of rotatable bonds is 0. The van der Waals surface area contributed by atoms with Crippen molar-refractivity contribution < 1.29 is 26.5 Å². The monoisotopic (exact) mass is 301 g/mol. The molecule has 1 nitrogen and oxygen atoms in total. The van der Waals surface area contributed by atoms with E-state index in [2.05, 4.69) is 0 Å². The average Bonchev–Trinajstić information content (AvgIpc) is 0. The third kappa shape index (κ3) is 27.0. The van der Waals surface area contributed by atoms with E-state index in [1.54, 1.807) is 0 Å². The van der Waals surface area contributed by atoms with Gasteiger partial charge in [0.2, 0.25) is 0 Å². The first-order valence-corrected chi connectivity index (χ1v) is 0. The molecule has 0 aliphatic carbocycles. The van der Waals surface area contributed by atoms with Crippen LogP contribution in [0.2, 0.25) is 0 Å². The van der Waals surface area contributed by atoms with E-state index in [0.717, 1.165) is 0 Å². The Morgan fingerprint density at radius 3 is 0.600 bits per heavy atom. The molecule has 0 aliphatic heterocycles. The Balaban J connectivity index is 0. The molecule has 0 radical (unpaired) electrons. The Morgan fingerprint density at radius 1 is 0.600 bits per heavy atom. The minimum Gasteiger partial charge on any atom is -0.813 e. The van der Waals surface area contributed by atoms with Crippen molar-refractivity contribution in [3.05, 3.63) is 0 Å². The van der Waals surface area contributed by atoms with Crippen molar-refractivity contribution >= 4 is 40.5 Å². The van der Waals surface area contributed by atoms with Gasteiger partial charge in [0, 0.05) is 21.1 Å². The van der Waals surface area contributed by atoms with Gasteiger partial charge in [0.05, 0.1) is 0 Å². The number of hydrogen-bond donors (Lipinski definition) is 0. The molecule has 0 aromatic rings. The van der Waals surface area contributed by atoms with Gasteiger partial charge in [-0.2, -0.15) is 0 Å². The van der Waals surface area contributed by atoms with Crippen LogP contribution in [0.3, 0.4) is 0 Å². The molecule has 0 heterocycles. The topological polar surface area (TPSA) is 31.5 Å². The van der Waals surface area contributed by atoms with Gasteiger partial charge >= 0.3 is 0 Å². The fourth-order valence-electron chi connectivity index (χ4n) is 0. The van der Waals surface area contributed by atoms with E-state index >= 15 is 0 Å². The van der Waals surface area contributed by atoms with E-state index in [0.29, 0.717) is 0 Å². The molecule has 0 saturated heterocycles. The zero-order chi connectivity index (χ0) is 0. The summed E-state index contributed by atoms with van der Waals surface area (Å²) in [7, 11) is 0. The van der Waals surface area contributed by atoms with E-state index in [1.165, 1.54) is 0 Å². The minimum atomic E-state index is 0. The Labute approximate surface area is 66.8 Å². The van der Waals surface area contributed by atoms with E-state index in [4.69, 9.17) is 0 Å². The van der Waals surface area contributed by atoms with Gasteiger partial charge in [-0.15, -0.1) is 0 Å². The summed E-state index contributed by atoms with van der Waals surface area (Å²) < 4.78 is 0. The molecular weight excluding hydrogens is 296 g/mol. The summed E-state index contributed by atoms with van der Waals surface area (Å²) in [5.74, 6) is 0. The van der Waals surface area contributed by atoms with E-state index in [9.17, 15) is 0 Å². The van der Waals surface area contributed by atoms with Crippen LogP contribution in [-0.2, 0) is 61.6 Å². The third-order valence-corrected chi connectivity index (χ3v) is 0. The molecule has 0 aliphatic rings. The van der Waals surface area contributed by atoms with Gasteiger partial charge in [0.25, 0.3) is 0 Å². The first-order chi connectivity index (χ1) is 0. The predicted octanol–water partition coefficient (Wildman–Crippen LogP) is -1.64. The van der Waals surface area contributed by atoms with Crippen molar-refractivity contribution in [3.63, 3.8) is 0 Å². The van der Waals surface area contributed by atoms with E-state index in [1.807, 2.05) is 0 Å². The van der Waals surface area contributed by atoms with Crippen LogP contribution in [0.15, 0.2) is 0 Å². The SMILES string of the molecule is O.[SH-].[SH-].[SH-].[W]. The second-order valence-corrected chi connectivity index (χ2v) is 0. The van der Waals surface area contributed by atoms with Crippen LogP contribution in [-0.4, -0.2) is 5.48 Å². The van der Waals surface area contributed by atoms with Gasteiger partial charge in [0.15, 0.2) is 0 Å². The molecule has 0 saturated carbocycles. The summed E-state index contributed by atoms with van der Waals surface area (Å²) in [6, 6.07) is 0. The smallest absolute Gasteiger partial charge is 0 e. The van der Waals surface area contributed by atoms with Crippen LogP contribution >= 0.6 is 0 Å². The van der Waals surface area contributed by atoms with Gasteiger partial charge in [-0.3, -0.25) is 0 Å². The molecule has 0 bridgehead atoms. The first-order valence-electron chi connectivity index (χ1n) is 0. The van der Waals surface area contributed by atoms with Crippen molar-refractivity contribution in [2.75, 3.05) is 0 Å². The minimum absolute atomic E-state index is 0. The summed E-state index contributed by atoms with van der Waals surface area (Å²) in [4.78, 5) is 0. The van der Waals surface area contributed by atoms with Crippen LogP contribution in [0, 0.1) is 0 Å². The maximum Gasteiger partial charge on any atom is 0 e. The standard InChI is InChI=1S/H2O.3H2S.W/h4*1H2;/p-3. The van der Waals surface area contributed by atoms with Gasteiger partial charge in [-0.1, -0.05) is 0 Å². The summed E-state index contributed by atoms with van der Waals surface area (Å²) in [5, 5.41) is 0. The molecule has 2 N–H and O–H groups in total. The summed E-state index contributed by atoms with van der Waals surface area (Å²) in [5.41, 5.74) is 0. The maximum absolute atomic E-state index is 0. The van der Waals surface area contributed by atoms with Gasteiger partial charge in [-0.05, 0) is 0 Å². The Hall–Kier alpha value is 1.70. The molecule has 0 spiro atoms. The van der Waals surface area contributed by atoms with Gasteiger partial charge < -0.3 is 46.0 Å². The van der Waals surface area contributed by atoms with E-state index < -0.39 is 0 Å². The second kappa shape index (κ2) is 43.6. The average molecular weight is 301 g/mol. The molecule has 38 valence electrons. The van der Waals surface area contributed by atoms with Crippen molar-refractivity contribution in [2.24, 2.45) is 0 Å². The molecular formula is H5OS3W-3. The van der Waals surface area contributed by atoms with Gasteiger partial charge in [0.1, 0.15) is 0 Å². The first kappa shape index (κ1) is 75.4. The number of hydrogen-bond acceptors (Lipinski definition) is 3. The molecule has 0 amide bonds. The molecule has 5 heavy (non-hydrogen) atoms. The van der Waals surface area contributed by atoms with Crippen molar-refractivity contribution in [1.82, 2.24) is 0 Å². The normalized spacial score (nSPS) is 0. The zero-order valence-electron chi connectivity index (χ0n) is 2.25. The van der Waals surface area contributed by atoms with Crippen LogP contribution in [0.4, 0.5) is 0 Å².